The van der Waals surface area contributed by atoms with Crippen LogP contribution in [0.15, 0.2) is 41.1 Å². The number of carbonyl (C=O) groups is 1. The summed E-state index contributed by atoms with van der Waals surface area (Å²) >= 11 is 3.28. The zero-order chi connectivity index (χ0) is 16.4. The molecule has 0 bridgehead atoms. The molecule has 1 saturated heterocycles. The van der Waals surface area contributed by atoms with E-state index in [1.165, 1.54) is 16.8 Å². The molecule has 1 fully saturated rings. The third-order valence-corrected chi connectivity index (χ3v) is 4.13. The molecule has 120 valence electrons. The molecule has 0 spiro atoms. The quantitative estimate of drug-likeness (QED) is 0.833. The zero-order valence-corrected chi connectivity index (χ0v) is 13.9. The van der Waals surface area contributed by atoms with Crippen molar-refractivity contribution in [3.63, 3.8) is 0 Å². The number of likely N-dealkylation sites (tertiary alicyclic amines) is 1. The SMILES string of the molecule is N[C@H]1CCN(C(=O)/C=C/c2ccc(-n3cc(Br)cn3)c(F)c2)C1. The fourth-order valence-corrected chi connectivity index (χ4v) is 2.79. The van der Waals surface area contributed by atoms with Crippen LogP contribution in [0, 0.1) is 5.82 Å². The summed E-state index contributed by atoms with van der Waals surface area (Å²) in [7, 11) is 0. The summed E-state index contributed by atoms with van der Waals surface area (Å²) in [4.78, 5) is 13.7. The van der Waals surface area contributed by atoms with E-state index in [1.54, 1.807) is 35.5 Å². The monoisotopic (exact) mass is 378 g/mol. The first-order valence-electron chi connectivity index (χ1n) is 7.25. The van der Waals surface area contributed by atoms with Crippen LogP contribution >= 0.6 is 15.9 Å². The predicted molar refractivity (Wildman–Crippen MR) is 89.4 cm³/mol. The fourth-order valence-electron chi connectivity index (χ4n) is 2.51. The standard InChI is InChI=1S/C16H16BrFN4O/c17-12-8-20-22(9-12)15-3-1-11(7-14(15)18)2-4-16(23)21-6-5-13(19)10-21/h1-4,7-9,13H,5-6,10,19H2/b4-2+/t13-/m0/s1. The van der Waals surface area contributed by atoms with Gasteiger partial charge >= 0.3 is 0 Å². The van der Waals surface area contributed by atoms with Crippen molar-refractivity contribution < 1.29 is 9.18 Å². The van der Waals surface area contributed by atoms with Crippen molar-refractivity contribution in [3.05, 3.63) is 52.5 Å². The van der Waals surface area contributed by atoms with Crippen molar-refractivity contribution in [2.45, 2.75) is 12.5 Å². The number of halogens is 2. The first-order chi connectivity index (χ1) is 11.0. The van der Waals surface area contributed by atoms with E-state index >= 15 is 0 Å². The minimum absolute atomic E-state index is 0.0532. The van der Waals surface area contributed by atoms with Crippen molar-refractivity contribution in [3.8, 4) is 5.69 Å². The number of carbonyl (C=O) groups excluding carboxylic acids is 1. The number of nitrogens with zero attached hydrogens (tertiary/aromatic N) is 3. The molecule has 1 atom stereocenters. The lowest BCUT2D eigenvalue weighted by Crippen LogP contribution is -2.30. The Hall–Kier alpha value is -1.99. The van der Waals surface area contributed by atoms with Crippen LogP contribution in [0.25, 0.3) is 11.8 Å². The van der Waals surface area contributed by atoms with Crippen LogP contribution < -0.4 is 5.73 Å². The van der Waals surface area contributed by atoms with Gasteiger partial charge in [0.15, 0.2) is 0 Å². The highest BCUT2D eigenvalue weighted by molar-refractivity contribution is 9.10. The zero-order valence-electron chi connectivity index (χ0n) is 12.3. The smallest absolute Gasteiger partial charge is 0.246 e. The van der Waals surface area contributed by atoms with E-state index in [0.717, 1.165) is 10.9 Å². The summed E-state index contributed by atoms with van der Waals surface area (Å²) in [6, 6.07) is 4.81. The van der Waals surface area contributed by atoms with Crippen molar-refractivity contribution in [1.82, 2.24) is 14.7 Å². The summed E-state index contributed by atoms with van der Waals surface area (Å²) in [5, 5.41) is 4.05. The number of rotatable bonds is 3. The highest BCUT2D eigenvalue weighted by Crippen LogP contribution is 2.18. The molecule has 5 nitrogen and oxygen atoms in total. The highest BCUT2D eigenvalue weighted by atomic mass is 79.9. The maximum atomic E-state index is 14.2. The molecule has 3 rings (SSSR count). The number of hydrogen-bond donors (Lipinski definition) is 1. The third-order valence-electron chi connectivity index (χ3n) is 3.72. The van der Waals surface area contributed by atoms with Crippen molar-refractivity contribution in [2.24, 2.45) is 5.73 Å². The van der Waals surface area contributed by atoms with Crippen molar-refractivity contribution in [1.29, 1.82) is 0 Å². The van der Waals surface area contributed by atoms with Gasteiger partial charge in [0.25, 0.3) is 0 Å². The summed E-state index contributed by atoms with van der Waals surface area (Å²) in [6.45, 7) is 1.25. The van der Waals surface area contributed by atoms with Gasteiger partial charge in [0.2, 0.25) is 5.91 Å². The van der Waals surface area contributed by atoms with Gasteiger partial charge in [0, 0.05) is 31.4 Å². The van der Waals surface area contributed by atoms with Gasteiger partial charge in [-0.05, 0) is 46.1 Å². The maximum Gasteiger partial charge on any atom is 0.246 e. The van der Waals surface area contributed by atoms with Crippen LogP contribution in [-0.2, 0) is 4.79 Å². The molecule has 0 unspecified atom stereocenters. The number of benzene rings is 1. The number of hydrogen-bond acceptors (Lipinski definition) is 3. The van der Waals surface area contributed by atoms with Gasteiger partial charge in [-0.2, -0.15) is 5.10 Å². The Balaban J connectivity index is 1.73. The van der Waals surface area contributed by atoms with Crippen LogP contribution in [-0.4, -0.2) is 39.7 Å². The summed E-state index contributed by atoms with van der Waals surface area (Å²) in [5.41, 5.74) is 6.76. The molecule has 1 aliphatic heterocycles. The lowest BCUT2D eigenvalue weighted by Gasteiger charge is -2.12. The van der Waals surface area contributed by atoms with Gasteiger partial charge in [-0.3, -0.25) is 4.79 Å². The molecule has 1 aromatic carbocycles. The van der Waals surface area contributed by atoms with E-state index in [4.69, 9.17) is 5.73 Å². The number of nitrogens with two attached hydrogens (primary N) is 1. The normalized spacial score (nSPS) is 18.0. The molecule has 7 heteroatoms. The lowest BCUT2D eigenvalue weighted by molar-refractivity contribution is -0.124. The Bertz CT molecular complexity index is 758. The average Bonchev–Trinajstić information content (AvgIpc) is 3.13. The summed E-state index contributed by atoms with van der Waals surface area (Å²) < 4.78 is 16.4. The fraction of sp³-hybridized carbons (Fsp3) is 0.250. The molecule has 2 heterocycles. The molecule has 0 saturated carbocycles. The van der Waals surface area contributed by atoms with Gasteiger partial charge in [-0.15, -0.1) is 0 Å². The van der Waals surface area contributed by atoms with Gasteiger partial charge in [0.05, 0.1) is 10.7 Å². The average molecular weight is 379 g/mol. The second kappa shape index (κ2) is 6.64. The lowest BCUT2D eigenvalue weighted by atomic mass is 10.2. The Morgan fingerprint density at radius 1 is 1.48 bits per heavy atom. The third kappa shape index (κ3) is 3.68. The Morgan fingerprint density at radius 2 is 2.30 bits per heavy atom. The number of amides is 1. The molecule has 1 aliphatic rings. The molecule has 2 N–H and O–H groups in total. The van der Waals surface area contributed by atoms with Crippen LogP contribution in [0.2, 0.25) is 0 Å². The van der Waals surface area contributed by atoms with E-state index in [-0.39, 0.29) is 11.9 Å². The first-order valence-corrected chi connectivity index (χ1v) is 8.05. The van der Waals surface area contributed by atoms with Gasteiger partial charge in [-0.1, -0.05) is 6.07 Å². The topological polar surface area (TPSA) is 64.2 Å². The summed E-state index contributed by atoms with van der Waals surface area (Å²) in [5.74, 6) is -0.503. The second-order valence-corrected chi connectivity index (χ2v) is 6.40. The highest BCUT2D eigenvalue weighted by Gasteiger charge is 2.21. The Morgan fingerprint density at radius 3 is 2.91 bits per heavy atom. The van der Waals surface area contributed by atoms with Crippen LogP contribution in [0.1, 0.15) is 12.0 Å². The minimum Gasteiger partial charge on any atom is -0.338 e. The Kier molecular flexibility index (Phi) is 4.58. The van der Waals surface area contributed by atoms with E-state index in [1.807, 2.05) is 0 Å². The van der Waals surface area contributed by atoms with Crippen LogP contribution in [0.4, 0.5) is 4.39 Å². The van der Waals surface area contributed by atoms with Crippen LogP contribution in [0.5, 0.6) is 0 Å². The van der Waals surface area contributed by atoms with Gasteiger partial charge < -0.3 is 10.6 Å². The first kappa shape index (κ1) is 15.9. The van der Waals surface area contributed by atoms with E-state index in [0.29, 0.717) is 24.3 Å². The number of aromatic nitrogens is 2. The summed E-state index contributed by atoms with van der Waals surface area (Å²) in [6.07, 6.45) is 7.15. The van der Waals surface area contributed by atoms with Gasteiger partial charge in [-0.25, -0.2) is 9.07 Å². The van der Waals surface area contributed by atoms with E-state index < -0.39 is 5.82 Å². The van der Waals surface area contributed by atoms with E-state index in [9.17, 15) is 9.18 Å². The maximum absolute atomic E-state index is 14.2. The molecule has 1 amide bonds. The Labute approximate surface area is 141 Å². The molecule has 1 aromatic heterocycles. The van der Waals surface area contributed by atoms with Crippen LogP contribution in [0.3, 0.4) is 0 Å². The second-order valence-electron chi connectivity index (χ2n) is 5.48. The van der Waals surface area contributed by atoms with Gasteiger partial charge in [0.1, 0.15) is 11.5 Å². The van der Waals surface area contributed by atoms with E-state index in [2.05, 4.69) is 21.0 Å². The minimum atomic E-state index is -0.404. The van der Waals surface area contributed by atoms with Crippen molar-refractivity contribution >= 4 is 27.9 Å². The predicted octanol–water partition coefficient (Wildman–Crippen LogP) is 2.35. The largest absolute Gasteiger partial charge is 0.338 e. The van der Waals surface area contributed by atoms with Crippen molar-refractivity contribution in [2.75, 3.05) is 13.1 Å². The molecular weight excluding hydrogens is 363 g/mol. The molecule has 2 aromatic rings. The molecule has 0 radical (unpaired) electrons. The molecule has 23 heavy (non-hydrogen) atoms. The molecule has 0 aliphatic carbocycles. The molecular formula is C16H16BrFN4O.